The number of benzene rings is 2. The first-order valence-corrected chi connectivity index (χ1v) is 12.5. The van der Waals surface area contributed by atoms with Crippen LogP contribution in [0.3, 0.4) is 0 Å². The minimum absolute atomic E-state index is 0.324. The first-order valence-electron chi connectivity index (χ1n) is 10.3. The number of fused-ring (bicyclic) bond motifs is 3. The van der Waals surface area contributed by atoms with E-state index in [1.807, 2.05) is 67.7 Å². The second kappa shape index (κ2) is 7.48. The SMILES string of the molecule is Cc1ccc(S(=O)(=O)N2Cc3c(sc(C)c3C)-n3cccc3C2c2ccccc2)cc1. The van der Waals surface area contributed by atoms with E-state index < -0.39 is 16.1 Å². The molecule has 31 heavy (non-hydrogen) atoms. The van der Waals surface area contributed by atoms with E-state index in [0.717, 1.165) is 32.9 Å². The highest BCUT2D eigenvalue weighted by Crippen LogP contribution is 2.43. The van der Waals surface area contributed by atoms with E-state index in [9.17, 15) is 8.42 Å². The van der Waals surface area contributed by atoms with Gasteiger partial charge in [-0.15, -0.1) is 11.3 Å². The molecule has 0 amide bonds. The fourth-order valence-corrected chi connectivity index (χ4v) is 7.00. The quantitative estimate of drug-likeness (QED) is 0.400. The van der Waals surface area contributed by atoms with Crippen LogP contribution < -0.4 is 0 Å². The summed E-state index contributed by atoms with van der Waals surface area (Å²) in [5, 5.41) is 1.11. The molecule has 6 heteroatoms. The van der Waals surface area contributed by atoms with Crippen molar-refractivity contribution < 1.29 is 8.42 Å². The Kier molecular flexibility index (Phi) is 4.88. The number of thiophene rings is 1. The van der Waals surface area contributed by atoms with Gasteiger partial charge < -0.3 is 4.57 Å². The van der Waals surface area contributed by atoms with Gasteiger partial charge in [-0.1, -0.05) is 48.0 Å². The number of hydrogen-bond donors (Lipinski definition) is 0. The van der Waals surface area contributed by atoms with Crippen LogP contribution in [0.5, 0.6) is 0 Å². The molecule has 4 nitrogen and oxygen atoms in total. The van der Waals surface area contributed by atoms with Gasteiger partial charge >= 0.3 is 0 Å². The van der Waals surface area contributed by atoms with Gasteiger partial charge in [-0.05, 0) is 56.2 Å². The lowest BCUT2D eigenvalue weighted by molar-refractivity contribution is 0.353. The average molecular weight is 449 g/mol. The van der Waals surface area contributed by atoms with Crippen molar-refractivity contribution in [1.29, 1.82) is 0 Å². The van der Waals surface area contributed by atoms with Crippen LogP contribution in [0.4, 0.5) is 0 Å². The molecule has 0 bridgehead atoms. The molecule has 4 aromatic rings. The Morgan fingerprint density at radius 2 is 1.61 bits per heavy atom. The zero-order valence-electron chi connectivity index (χ0n) is 17.7. The lowest BCUT2D eigenvalue weighted by atomic mass is 10.0. The third-order valence-corrected chi connectivity index (χ3v) is 9.19. The van der Waals surface area contributed by atoms with E-state index in [4.69, 9.17) is 0 Å². The van der Waals surface area contributed by atoms with Crippen molar-refractivity contribution in [2.45, 2.75) is 38.3 Å². The number of nitrogens with zero attached hydrogens (tertiary/aromatic N) is 2. The predicted octanol–water partition coefficient (Wildman–Crippen LogP) is 5.76. The van der Waals surface area contributed by atoms with E-state index in [0.29, 0.717) is 11.4 Å². The van der Waals surface area contributed by atoms with Gasteiger partial charge in [-0.3, -0.25) is 0 Å². The van der Waals surface area contributed by atoms with Crippen molar-refractivity contribution in [2.75, 3.05) is 0 Å². The van der Waals surface area contributed by atoms with Gasteiger partial charge in [-0.2, -0.15) is 4.31 Å². The fourth-order valence-electron chi connectivity index (χ4n) is 4.28. The summed E-state index contributed by atoms with van der Waals surface area (Å²) in [7, 11) is -3.75. The number of rotatable bonds is 3. The largest absolute Gasteiger partial charge is 0.310 e. The summed E-state index contributed by atoms with van der Waals surface area (Å²) < 4.78 is 31.9. The molecule has 1 unspecified atom stereocenters. The minimum Gasteiger partial charge on any atom is -0.310 e. The molecule has 1 aliphatic rings. The Morgan fingerprint density at radius 1 is 0.903 bits per heavy atom. The van der Waals surface area contributed by atoms with Crippen LogP contribution in [-0.2, 0) is 16.6 Å². The van der Waals surface area contributed by atoms with Crippen LogP contribution in [-0.4, -0.2) is 17.3 Å². The molecule has 0 fully saturated rings. The van der Waals surface area contributed by atoms with Crippen LogP contribution in [0.1, 0.15) is 38.9 Å². The van der Waals surface area contributed by atoms with Gasteiger partial charge in [-0.25, -0.2) is 8.42 Å². The monoisotopic (exact) mass is 448 g/mol. The second-order valence-corrected chi connectivity index (χ2v) is 11.1. The first-order chi connectivity index (χ1) is 14.9. The molecule has 5 rings (SSSR count). The third-order valence-electron chi connectivity index (χ3n) is 6.11. The highest BCUT2D eigenvalue weighted by molar-refractivity contribution is 7.89. The highest BCUT2D eigenvalue weighted by Gasteiger charge is 2.39. The fraction of sp³-hybridized carbons (Fsp3) is 0.200. The van der Waals surface area contributed by atoms with Crippen molar-refractivity contribution in [1.82, 2.24) is 8.87 Å². The topological polar surface area (TPSA) is 42.3 Å². The van der Waals surface area contributed by atoms with Crippen molar-refractivity contribution in [2.24, 2.45) is 0 Å². The summed E-state index contributed by atoms with van der Waals surface area (Å²) in [6.07, 6.45) is 2.04. The Hall–Kier alpha value is -2.67. The van der Waals surface area contributed by atoms with E-state index in [-0.39, 0.29) is 0 Å². The molecule has 0 saturated carbocycles. The van der Waals surface area contributed by atoms with Gasteiger partial charge in [0, 0.05) is 28.9 Å². The Morgan fingerprint density at radius 3 is 2.32 bits per heavy atom. The summed E-state index contributed by atoms with van der Waals surface area (Å²) in [5.41, 5.74) is 5.20. The van der Waals surface area contributed by atoms with Gasteiger partial charge in [0.05, 0.1) is 10.9 Å². The van der Waals surface area contributed by atoms with Gasteiger partial charge in [0.15, 0.2) is 0 Å². The minimum atomic E-state index is -3.75. The molecule has 158 valence electrons. The third kappa shape index (κ3) is 3.26. The Balaban J connectivity index is 1.78. The first kappa shape index (κ1) is 20.2. The smallest absolute Gasteiger partial charge is 0.244 e. The molecule has 0 saturated heterocycles. The highest BCUT2D eigenvalue weighted by atomic mass is 32.2. The van der Waals surface area contributed by atoms with Crippen LogP contribution in [0.2, 0.25) is 0 Å². The number of sulfonamides is 1. The summed E-state index contributed by atoms with van der Waals surface area (Å²) in [5.74, 6) is 0. The van der Waals surface area contributed by atoms with Crippen molar-refractivity contribution in [3.8, 4) is 5.00 Å². The predicted molar refractivity (Wildman–Crippen MR) is 125 cm³/mol. The van der Waals surface area contributed by atoms with E-state index >= 15 is 0 Å². The summed E-state index contributed by atoms with van der Waals surface area (Å²) in [6, 6.07) is 20.7. The van der Waals surface area contributed by atoms with Crippen LogP contribution in [0, 0.1) is 20.8 Å². The summed E-state index contributed by atoms with van der Waals surface area (Å²) in [4.78, 5) is 1.54. The summed E-state index contributed by atoms with van der Waals surface area (Å²) >= 11 is 1.73. The lowest BCUT2D eigenvalue weighted by Gasteiger charge is -2.30. The molecule has 0 N–H and O–H groups in total. The normalized spacial score (nSPS) is 16.5. The number of hydrogen-bond acceptors (Lipinski definition) is 3. The molecule has 3 heterocycles. The van der Waals surface area contributed by atoms with Crippen molar-refractivity contribution in [3.05, 3.63) is 106 Å². The molecule has 1 atom stereocenters. The molecule has 2 aromatic carbocycles. The molecular formula is C25H24N2O2S2. The lowest BCUT2D eigenvalue weighted by Crippen LogP contribution is -2.35. The van der Waals surface area contributed by atoms with E-state index in [1.54, 1.807) is 27.8 Å². The summed E-state index contributed by atoms with van der Waals surface area (Å²) in [6.45, 7) is 6.49. The number of aromatic nitrogens is 1. The molecule has 0 aliphatic carbocycles. The maximum absolute atomic E-state index is 14.0. The van der Waals surface area contributed by atoms with E-state index in [2.05, 4.69) is 18.4 Å². The van der Waals surface area contributed by atoms with E-state index in [1.165, 1.54) is 4.88 Å². The zero-order valence-corrected chi connectivity index (χ0v) is 19.4. The van der Waals surface area contributed by atoms with Gasteiger partial charge in [0.1, 0.15) is 5.00 Å². The van der Waals surface area contributed by atoms with Gasteiger partial charge in [0.2, 0.25) is 10.0 Å². The Labute approximate surface area is 187 Å². The molecule has 1 aliphatic heterocycles. The number of aryl methyl sites for hydroxylation is 2. The molecule has 0 spiro atoms. The Bertz CT molecular complexity index is 1350. The van der Waals surface area contributed by atoms with Crippen molar-refractivity contribution in [3.63, 3.8) is 0 Å². The molecule has 0 radical (unpaired) electrons. The van der Waals surface area contributed by atoms with Gasteiger partial charge in [0.25, 0.3) is 0 Å². The molecular weight excluding hydrogens is 424 g/mol. The second-order valence-electron chi connectivity index (χ2n) is 8.05. The maximum Gasteiger partial charge on any atom is 0.244 e. The average Bonchev–Trinajstić information content (AvgIpc) is 3.31. The van der Waals surface area contributed by atoms with Crippen LogP contribution >= 0.6 is 11.3 Å². The van der Waals surface area contributed by atoms with Crippen LogP contribution in [0.25, 0.3) is 5.00 Å². The van der Waals surface area contributed by atoms with Crippen molar-refractivity contribution >= 4 is 21.4 Å². The molecule has 2 aromatic heterocycles. The standard InChI is InChI=1S/C25H24N2O2S2/c1-17-11-13-21(14-12-17)31(28,29)27-16-22-18(2)19(3)30-25(22)26-15-7-10-23(26)24(27)20-8-5-4-6-9-20/h4-15,24H,16H2,1-3H3. The van der Waals surface area contributed by atoms with Crippen LogP contribution in [0.15, 0.2) is 77.8 Å². The zero-order chi connectivity index (χ0) is 21.8. The maximum atomic E-state index is 14.0.